The second-order valence-corrected chi connectivity index (χ2v) is 7.64. The highest BCUT2D eigenvalue weighted by molar-refractivity contribution is 5.79. The Morgan fingerprint density at radius 3 is 2.48 bits per heavy atom. The minimum Gasteiger partial charge on any atom is -0.381 e. The average Bonchev–Trinajstić information content (AvgIpc) is 2.71. The van der Waals surface area contributed by atoms with Crippen molar-refractivity contribution in [2.75, 3.05) is 40.0 Å². The highest BCUT2D eigenvalue weighted by Gasteiger charge is 2.34. The monoisotopic (exact) mass is 375 g/mol. The van der Waals surface area contributed by atoms with Crippen LogP contribution in [0.5, 0.6) is 0 Å². The Hall–Kier alpha value is -1.59. The predicted molar refractivity (Wildman–Crippen MR) is 112 cm³/mol. The van der Waals surface area contributed by atoms with Gasteiger partial charge in [0.2, 0.25) is 0 Å². The third kappa shape index (κ3) is 6.51. The smallest absolute Gasteiger partial charge is 0.191 e. The summed E-state index contributed by atoms with van der Waals surface area (Å²) in [5.74, 6) is 1.38. The van der Waals surface area contributed by atoms with Crippen LogP contribution in [0.2, 0.25) is 0 Å². The second-order valence-electron chi connectivity index (χ2n) is 7.64. The van der Waals surface area contributed by atoms with Gasteiger partial charge in [0.25, 0.3) is 0 Å². The molecule has 1 aromatic rings. The first-order valence-electron chi connectivity index (χ1n) is 10.3. The average molecular weight is 376 g/mol. The van der Waals surface area contributed by atoms with E-state index in [1.54, 1.807) is 0 Å². The summed E-state index contributed by atoms with van der Waals surface area (Å²) < 4.78 is 11.5. The summed E-state index contributed by atoms with van der Waals surface area (Å²) in [5.41, 5.74) is 1.48. The minimum absolute atomic E-state index is 0.100. The summed E-state index contributed by atoms with van der Waals surface area (Å²) in [6.07, 6.45) is 3.32. The number of nitrogens with zero attached hydrogens (tertiary/aromatic N) is 1. The Kier molecular flexibility index (Phi) is 9.08. The predicted octanol–water partition coefficient (Wildman–Crippen LogP) is 3.35. The van der Waals surface area contributed by atoms with E-state index < -0.39 is 0 Å². The van der Waals surface area contributed by atoms with Gasteiger partial charge in [-0.05, 0) is 37.7 Å². The van der Waals surface area contributed by atoms with Gasteiger partial charge in [-0.1, -0.05) is 44.2 Å². The molecule has 1 unspecified atom stereocenters. The number of aliphatic imine (C=N–C) groups is 1. The molecule has 0 aromatic heterocycles. The molecule has 152 valence electrons. The number of benzene rings is 1. The summed E-state index contributed by atoms with van der Waals surface area (Å²) in [5, 5.41) is 7.01. The largest absolute Gasteiger partial charge is 0.381 e. The molecule has 0 aliphatic carbocycles. The van der Waals surface area contributed by atoms with Gasteiger partial charge in [0.05, 0.1) is 6.10 Å². The Morgan fingerprint density at radius 2 is 1.89 bits per heavy atom. The van der Waals surface area contributed by atoms with Gasteiger partial charge in [0.1, 0.15) is 0 Å². The summed E-state index contributed by atoms with van der Waals surface area (Å²) >= 11 is 0. The molecule has 2 rings (SSSR count). The normalized spacial score (nSPS) is 18.3. The van der Waals surface area contributed by atoms with E-state index in [1.165, 1.54) is 5.56 Å². The maximum absolute atomic E-state index is 5.83. The number of hydrogen-bond acceptors (Lipinski definition) is 3. The Bertz CT molecular complexity index is 554. The molecular formula is C22H37N3O2. The van der Waals surface area contributed by atoms with Crippen molar-refractivity contribution in [3.63, 3.8) is 0 Å². The molecule has 1 aliphatic heterocycles. The van der Waals surface area contributed by atoms with E-state index in [-0.39, 0.29) is 11.5 Å². The molecule has 1 aliphatic rings. The van der Waals surface area contributed by atoms with Crippen LogP contribution in [-0.2, 0) is 14.9 Å². The van der Waals surface area contributed by atoms with Gasteiger partial charge in [-0.2, -0.15) is 0 Å². The van der Waals surface area contributed by atoms with Crippen LogP contribution in [0.1, 0.15) is 45.6 Å². The number of rotatable bonds is 9. The second kappa shape index (κ2) is 11.3. The molecule has 0 radical (unpaired) electrons. The molecule has 1 saturated heterocycles. The van der Waals surface area contributed by atoms with Crippen molar-refractivity contribution in [3.05, 3.63) is 35.9 Å². The topological polar surface area (TPSA) is 54.9 Å². The lowest BCUT2D eigenvalue weighted by atomic mass is 9.74. The summed E-state index contributed by atoms with van der Waals surface area (Å²) in [7, 11) is 1.83. The first-order chi connectivity index (χ1) is 13.1. The zero-order valence-corrected chi connectivity index (χ0v) is 17.5. The lowest BCUT2D eigenvalue weighted by molar-refractivity contribution is 0.0258. The fraction of sp³-hybridized carbons (Fsp3) is 0.682. The van der Waals surface area contributed by atoms with Crippen molar-refractivity contribution in [2.24, 2.45) is 10.9 Å². The van der Waals surface area contributed by atoms with E-state index >= 15 is 0 Å². The number of ether oxygens (including phenoxy) is 2. The van der Waals surface area contributed by atoms with Crippen LogP contribution in [-0.4, -0.2) is 52.0 Å². The quantitative estimate of drug-likeness (QED) is 0.513. The van der Waals surface area contributed by atoms with Gasteiger partial charge in [-0.25, -0.2) is 0 Å². The molecule has 0 spiro atoms. The van der Waals surface area contributed by atoms with E-state index in [1.807, 2.05) is 7.05 Å². The van der Waals surface area contributed by atoms with Gasteiger partial charge in [-0.15, -0.1) is 0 Å². The molecule has 5 nitrogen and oxygen atoms in total. The molecule has 5 heteroatoms. The van der Waals surface area contributed by atoms with Gasteiger partial charge >= 0.3 is 0 Å². The number of hydrogen-bond donors (Lipinski definition) is 2. The summed E-state index contributed by atoms with van der Waals surface area (Å²) in [6, 6.07) is 10.8. The molecule has 0 bridgehead atoms. The van der Waals surface area contributed by atoms with Gasteiger partial charge < -0.3 is 20.1 Å². The van der Waals surface area contributed by atoms with E-state index in [4.69, 9.17) is 9.47 Å². The van der Waals surface area contributed by atoms with Crippen molar-refractivity contribution in [1.82, 2.24) is 10.6 Å². The molecule has 1 atom stereocenters. The molecule has 0 saturated carbocycles. The van der Waals surface area contributed by atoms with Crippen LogP contribution >= 0.6 is 0 Å². The maximum atomic E-state index is 5.83. The Morgan fingerprint density at radius 1 is 1.19 bits per heavy atom. The fourth-order valence-electron chi connectivity index (χ4n) is 3.75. The van der Waals surface area contributed by atoms with Crippen LogP contribution in [0.15, 0.2) is 35.3 Å². The summed E-state index contributed by atoms with van der Waals surface area (Å²) in [4.78, 5) is 4.41. The third-order valence-electron chi connectivity index (χ3n) is 5.50. The van der Waals surface area contributed by atoms with E-state index in [0.29, 0.717) is 5.92 Å². The Labute approximate surface area is 164 Å². The molecule has 0 amide bonds. The van der Waals surface area contributed by atoms with Crippen LogP contribution in [0.25, 0.3) is 0 Å². The van der Waals surface area contributed by atoms with Crippen molar-refractivity contribution in [2.45, 2.75) is 51.6 Å². The maximum Gasteiger partial charge on any atom is 0.191 e. The number of nitrogens with one attached hydrogen (secondary N) is 2. The van der Waals surface area contributed by atoms with Gasteiger partial charge in [-0.3, -0.25) is 4.99 Å². The summed E-state index contributed by atoms with van der Waals surface area (Å²) in [6.45, 7) is 10.6. The van der Waals surface area contributed by atoms with E-state index in [2.05, 4.69) is 66.7 Å². The van der Waals surface area contributed by atoms with E-state index in [0.717, 1.165) is 58.1 Å². The minimum atomic E-state index is 0.100. The van der Waals surface area contributed by atoms with Crippen LogP contribution in [0, 0.1) is 5.92 Å². The van der Waals surface area contributed by atoms with Gasteiger partial charge in [0, 0.05) is 45.4 Å². The first kappa shape index (κ1) is 21.7. The molecule has 1 aromatic carbocycles. The molecular weight excluding hydrogens is 338 g/mol. The molecule has 1 fully saturated rings. The number of guanidine groups is 1. The van der Waals surface area contributed by atoms with E-state index in [9.17, 15) is 0 Å². The SMILES string of the molecule is CCOC(CCNC(=NC)NCC1(c2ccccc2)CCOCC1)C(C)C. The van der Waals surface area contributed by atoms with Crippen molar-refractivity contribution < 1.29 is 9.47 Å². The molecule has 1 heterocycles. The lowest BCUT2D eigenvalue weighted by Gasteiger charge is -2.38. The van der Waals surface area contributed by atoms with Gasteiger partial charge in [0.15, 0.2) is 5.96 Å². The van der Waals surface area contributed by atoms with Crippen LogP contribution in [0.4, 0.5) is 0 Å². The van der Waals surface area contributed by atoms with Crippen molar-refractivity contribution >= 4 is 5.96 Å². The van der Waals surface area contributed by atoms with Crippen LogP contribution < -0.4 is 10.6 Å². The lowest BCUT2D eigenvalue weighted by Crippen LogP contribution is -2.48. The molecule has 2 N–H and O–H groups in total. The van der Waals surface area contributed by atoms with Crippen molar-refractivity contribution in [3.8, 4) is 0 Å². The highest BCUT2D eigenvalue weighted by Crippen LogP contribution is 2.34. The van der Waals surface area contributed by atoms with Crippen molar-refractivity contribution in [1.29, 1.82) is 0 Å². The zero-order chi connectivity index (χ0) is 19.5. The zero-order valence-electron chi connectivity index (χ0n) is 17.5. The molecule has 27 heavy (non-hydrogen) atoms. The fourth-order valence-corrected chi connectivity index (χ4v) is 3.75. The Balaban J connectivity index is 1.91. The van der Waals surface area contributed by atoms with Crippen LogP contribution in [0.3, 0.4) is 0 Å². The third-order valence-corrected chi connectivity index (χ3v) is 5.50. The first-order valence-corrected chi connectivity index (χ1v) is 10.3. The highest BCUT2D eigenvalue weighted by atomic mass is 16.5. The standard InChI is InChI=1S/C22H37N3O2/c1-5-27-20(18(2)3)11-14-24-21(23-4)25-17-22(12-15-26-16-13-22)19-9-7-6-8-10-19/h6-10,18,20H,5,11-17H2,1-4H3,(H2,23,24,25).